The predicted molar refractivity (Wildman–Crippen MR) is 112 cm³/mol. The molecule has 0 bridgehead atoms. The molecule has 0 saturated carbocycles. The normalized spacial score (nSPS) is 14.6. The lowest BCUT2D eigenvalue weighted by molar-refractivity contribution is 0.532. The van der Waals surface area contributed by atoms with Crippen molar-refractivity contribution in [2.45, 2.75) is 103 Å². The average Bonchev–Trinajstić information content (AvgIpc) is 3.15. The molecule has 146 valence electrons. The van der Waals surface area contributed by atoms with E-state index in [4.69, 9.17) is 5.73 Å². The van der Waals surface area contributed by atoms with E-state index in [-0.39, 0.29) is 0 Å². The summed E-state index contributed by atoms with van der Waals surface area (Å²) in [5.74, 6) is 0. The van der Waals surface area contributed by atoms with Gasteiger partial charge < -0.3 is 10.6 Å². The fourth-order valence-electron chi connectivity index (χ4n) is 3.54. The van der Waals surface area contributed by atoms with Gasteiger partial charge in [-0.25, -0.2) is 0 Å². The van der Waals surface area contributed by atoms with E-state index in [1.165, 1.54) is 95.6 Å². The number of hydrogen-bond donors (Lipinski definition) is 1. The summed E-state index contributed by atoms with van der Waals surface area (Å²) in [6.45, 7) is 4.98. The van der Waals surface area contributed by atoms with Crippen LogP contribution in [-0.4, -0.2) is 30.9 Å². The van der Waals surface area contributed by atoms with Crippen LogP contribution in [0.4, 0.5) is 0 Å². The van der Waals surface area contributed by atoms with E-state index < -0.39 is 0 Å². The molecule has 1 heterocycles. The molecule has 1 aliphatic rings. The molecule has 1 aliphatic heterocycles. The fraction of sp³-hybridized carbons (Fsp3) is 0.864. The minimum Gasteiger partial charge on any atom is -0.335 e. The van der Waals surface area contributed by atoms with Crippen molar-refractivity contribution >= 4 is 6.34 Å². The van der Waals surface area contributed by atoms with Crippen LogP contribution in [0.3, 0.4) is 0 Å². The Morgan fingerprint density at radius 2 is 1.48 bits per heavy atom. The van der Waals surface area contributed by atoms with E-state index in [2.05, 4.69) is 22.9 Å². The Hall–Kier alpha value is -0.830. The summed E-state index contributed by atoms with van der Waals surface area (Å²) in [6, 6.07) is 0. The van der Waals surface area contributed by atoms with Crippen molar-refractivity contribution in [1.82, 2.24) is 4.90 Å². The summed E-state index contributed by atoms with van der Waals surface area (Å²) in [6.07, 6.45) is 25.0. The summed E-state index contributed by atoms with van der Waals surface area (Å²) >= 11 is 0. The van der Waals surface area contributed by atoms with Crippen molar-refractivity contribution in [1.29, 1.82) is 0 Å². The third-order valence-electron chi connectivity index (χ3n) is 5.15. The van der Waals surface area contributed by atoms with Crippen molar-refractivity contribution in [3.63, 3.8) is 0 Å². The quantitative estimate of drug-likeness (QED) is 0.325. The third kappa shape index (κ3) is 12.2. The van der Waals surface area contributed by atoms with Gasteiger partial charge in [-0.1, -0.05) is 90.0 Å². The Balaban J connectivity index is 1.89. The molecule has 25 heavy (non-hydrogen) atoms. The smallest absolute Gasteiger partial charge is 0.0893 e. The Bertz CT molecular complexity index is 349. The lowest BCUT2D eigenvalue weighted by Gasteiger charge is -2.18. The van der Waals surface area contributed by atoms with Gasteiger partial charge in [-0.05, 0) is 25.8 Å². The van der Waals surface area contributed by atoms with Crippen LogP contribution in [0, 0.1) is 0 Å². The second kappa shape index (κ2) is 16.6. The molecule has 0 fully saturated rings. The average molecular weight is 350 g/mol. The van der Waals surface area contributed by atoms with E-state index in [9.17, 15) is 0 Å². The van der Waals surface area contributed by atoms with Gasteiger partial charge in [0.1, 0.15) is 0 Å². The lowest BCUT2D eigenvalue weighted by Crippen LogP contribution is -2.21. The molecule has 0 saturated heterocycles. The summed E-state index contributed by atoms with van der Waals surface area (Å²) in [5, 5.41) is 0. The number of aliphatic imine (C=N–C) groups is 1. The third-order valence-corrected chi connectivity index (χ3v) is 5.15. The molecule has 0 aromatic heterocycles. The van der Waals surface area contributed by atoms with Crippen LogP contribution in [0.15, 0.2) is 16.8 Å². The van der Waals surface area contributed by atoms with Crippen molar-refractivity contribution in [3.05, 3.63) is 11.8 Å². The number of hydrogen-bond acceptors (Lipinski definition) is 3. The summed E-state index contributed by atoms with van der Waals surface area (Å²) in [4.78, 5) is 6.58. The van der Waals surface area contributed by atoms with Gasteiger partial charge in [0.05, 0.1) is 12.9 Å². The highest BCUT2D eigenvalue weighted by molar-refractivity contribution is 5.60. The zero-order valence-corrected chi connectivity index (χ0v) is 16.9. The summed E-state index contributed by atoms with van der Waals surface area (Å²) in [7, 11) is 0. The molecule has 0 aromatic rings. The molecule has 0 amide bonds. The largest absolute Gasteiger partial charge is 0.335 e. The Morgan fingerprint density at radius 3 is 1.96 bits per heavy atom. The Kier molecular flexibility index (Phi) is 14.8. The van der Waals surface area contributed by atoms with Crippen LogP contribution in [0.5, 0.6) is 0 Å². The highest BCUT2D eigenvalue weighted by atomic mass is 15.2. The van der Waals surface area contributed by atoms with Gasteiger partial charge in [0, 0.05) is 12.2 Å². The van der Waals surface area contributed by atoms with Crippen LogP contribution in [0.2, 0.25) is 0 Å². The first-order valence-electron chi connectivity index (χ1n) is 11.0. The number of allylic oxidation sites excluding steroid dienone is 1. The molecule has 3 heteroatoms. The molecule has 0 radical (unpaired) electrons. The minimum atomic E-state index is 0.731. The molecule has 0 aromatic carbocycles. The number of nitrogens with zero attached hydrogens (tertiary/aromatic N) is 2. The molecule has 0 spiro atoms. The van der Waals surface area contributed by atoms with Gasteiger partial charge in [0.2, 0.25) is 0 Å². The Labute approximate surface area is 157 Å². The maximum absolute atomic E-state index is 5.74. The van der Waals surface area contributed by atoms with Crippen LogP contribution in [-0.2, 0) is 0 Å². The van der Waals surface area contributed by atoms with Gasteiger partial charge in [0.15, 0.2) is 0 Å². The van der Waals surface area contributed by atoms with Gasteiger partial charge in [-0.3, -0.25) is 4.99 Å². The fourth-order valence-corrected chi connectivity index (χ4v) is 3.54. The monoisotopic (exact) mass is 349 g/mol. The maximum atomic E-state index is 5.74. The van der Waals surface area contributed by atoms with Gasteiger partial charge in [-0.2, -0.15) is 0 Å². The van der Waals surface area contributed by atoms with Crippen molar-refractivity contribution in [2.24, 2.45) is 10.7 Å². The highest BCUT2D eigenvalue weighted by Gasteiger charge is 2.09. The lowest BCUT2D eigenvalue weighted by atomic mass is 10.0. The molecule has 0 unspecified atom stereocenters. The number of nitrogens with two attached hydrogens (primary N) is 1. The molecule has 1 rings (SSSR count). The summed E-state index contributed by atoms with van der Waals surface area (Å²) < 4.78 is 0. The van der Waals surface area contributed by atoms with E-state index >= 15 is 0 Å². The van der Waals surface area contributed by atoms with E-state index in [1.54, 1.807) is 0 Å². The first-order valence-corrected chi connectivity index (χ1v) is 11.0. The number of unbranched alkanes of at least 4 members (excludes halogenated alkanes) is 13. The molecule has 2 N–H and O–H groups in total. The second-order valence-electron chi connectivity index (χ2n) is 7.48. The Morgan fingerprint density at radius 1 is 0.920 bits per heavy atom. The number of rotatable bonds is 17. The molecule has 0 aliphatic carbocycles. The SMILES string of the molecule is CCCCCCCCCCCCCCC/C=C(\CCN)N1C=NCC1. The molecule has 3 nitrogen and oxygen atoms in total. The maximum Gasteiger partial charge on any atom is 0.0893 e. The van der Waals surface area contributed by atoms with E-state index in [0.717, 1.165) is 26.1 Å². The van der Waals surface area contributed by atoms with Gasteiger partial charge in [0.25, 0.3) is 0 Å². The van der Waals surface area contributed by atoms with Crippen molar-refractivity contribution in [3.8, 4) is 0 Å². The van der Waals surface area contributed by atoms with Gasteiger partial charge >= 0.3 is 0 Å². The second-order valence-corrected chi connectivity index (χ2v) is 7.48. The first-order chi connectivity index (χ1) is 12.4. The minimum absolute atomic E-state index is 0.731. The van der Waals surface area contributed by atoms with E-state index in [1.807, 2.05) is 6.34 Å². The topological polar surface area (TPSA) is 41.6 Å². The molecule has 0 atom stereocenters. The standard InChI is InChI=1S/C22H43N3/c1-2-3-4-5-6-7-8-9-10-11-12-13-14-15-16-22(17-18-23)25-20-19-24-21-25/h16,21H,2-15,17-20,23H2,1H3/b22-16+. The first kappa shape index (κ1) is 22.2. The van der Waals surface area contributed by atoms with E-state index in [0.29, 0.717) is 0 Å². The van der Waals surface area contributed by atoms with Crippen molar-refractivity contribution in [2.75, 3.05) is 19.6 Å². The van der Waals surface area contributed by atoms with Crippen LogP contribution >= 0.6 is 0 Å². The zero-order chi connectivity index (χ0) is 18.0. The molecular formula is C22H43N3. The van der Waals surface area contributed by atoms with Crippen LogP contribution in [0.25, 0.3) is 0 Å². The van der Waals surface area contributed by atoms with Crippen molar-refractivity contribution < 1.29 is 0 Å². The predicted octanol–water partition coefficient (Wildman–Crippen LogP) is 6.04. The van der Waals surface area contributed by atoms with Crippen LogP contribution < -0.4 is 5.73 Å². The van der Waals surface area contributed by atoms with Crippen LogP contribution in [0.1, 0.15) is 103 Å². The highest BCUT2D eigenvalue weighted by Crippen LogP contribution is 2.15. The molecular weight excluding hydrogens is 306 g/mol. The zero-order valence-electron chi connectivity index (χ0n) is 16.9. The van der Waals surface area contributed by atoms with Gasteiger partial charge in [-0.15, -0.1) is 0 Å². The summed E-state index contributed by atoms with van der Waals surface area (Å²) in [5.41, 5.74) is 7.11.